The second-order valence-electron chi connectivity index (χ2n) is 20.7. The lowest BCUT2D eigenvalue weighted by atomic mass is 10.00. The van der Waals surface area contributed by atoms with E-state index in [0.717, 1.165) is 0 Å². The maximum Gasteiger partial charge on any atom is 0.302 e. The zero-order valence-corrected chi connectivity index (χ0v) is 39.5. The average Bonchev–Trinajstić information content (AvgIpc) is 3.43. The van der Waals surface area contributed by atoms with Gasteiger partial charge in [-0.15, -0.1) is 0 Å². The predicted octanol–water partition coefficient (Wildman–Crippen LogP) is 5.95. The Labute approximate surface area is 351 Å². The van der Waals surface area contributed by atoms with Gasteiger partial charge in [-0.25, -0.2) is 0 Å². The molecular weight excluding hydrogens is 752 g/mol. The Hall–Kier alpha value is -1.01. The van der Waals surface area contributed by atoms with Crippen molar-refractivity contribution in [2.24, 2.45) is 0 Å². The van der Waals surface area contributed by atoms with Crippen LogP contribution in [0.25, 0.3) is 0 Å². The molecule has 0 saturated carbocycles. The van der Waals surface area contributed by atoms with Crippen molar-refractivity contribution in [3.63, 3.8) is 0 Å². The van der Waals surface area contributed by atoms with Gasteiger partial charge in [0.2, 0.25) is 0 Å². The molecule has 58 heavy (non-hydrogen) atoms. The van der Waals surface area contributed by atoms with Crippen LogP contribution in [0.4, 0.5) is 0 Å². The summed E-state index contributed by atoms with van der Waals surface area (Å²) in [6.07, 6.45) is -0.401. The van der Waals surface area contributed by atoms with Crippen LogP contribution in [-0.4, -0.2) is 157 Å². The van der Waals surface area contributed by atoms with E-state index >= 15 is 0 Å². The van der Waals surface area contributed by atoms with E-state index in [1.165, 1.54) is 6.92 Å². The number of carbonyl (C=O) groups is 1. The van der Waals surface area contributed by atoms with Crippen molar-refractivity contribution < 1.29 is 67.5 Å². The molecule has 3 N–H and O–H groups in total. The minimum Gasteiger partial charge on any atom is -0.466 e. The lowest BCUT2D eigenvalue weighted by Gasteiger charge is -2.41. The van der Waals surface area contributed by atoms with Crippen LogP contribution in [0.1, 0.15) is 143 Å². The molecule has 0 aromatic rings. The van der Waals surface area contributed by atoms with Crippen LogP contribution < -0.4 is 0 Å². The summed E-state index contributed by atoms with van der Waals surface area (Å²) in [7, 11) is 0. The van der Waals surface area contributed by atoms with Crippen LogP contribution in [0, 0.1) is 0 Å². The maximum absolute atomic E-state index is 11.3. The number of esters is 1. The number of aliphatic hydroxyl groups excluding tert-OH is 3. The number of hydrogen-bond acceptors (Lipinski definition) is 14. The SMILES string of the molecule is CC(=O)OCCC(C)(C)OCC(C)(C)OCC(OC(C)(C)COC(C)(C)CO)C1OCC(OC(C)(C)CCOC(C)(C)CCO)C1OC(C)(C)COC(C)(C)CCO. The van der Waals surface area contributed by atoms with E-state index < -0.39 is 69.2 Å². The summed E-state index contributed by atoms with van der Waals surface area (Å²) < 4.78 is 63.9. The van der Waals surface area contributed by atoms with Gasteiger partial charge < -0.3 is 62.7 Å². The van der Waals surface area contributed by atoms with Crippen molar-refractivity contribution >= 4 is 5.97 Å². The van der Waals surface area contributed by atoms with Gasteiger partial charge in [-0.05, 0) is 130 Å². The molecule has 1 aliphatic rings. The molecule has 0 spiro atoms. The fourth-order valence-corrected chi connectivity index (χ4v) is 5.95. The van der Waals surface area contributed by atoms with E-state index in [-0.39, 0.29) is 65.4 Å². The second-order valence-corrected chi connectivity index (χ2v) is 20.7. The van der Waals surface area contributed by atoms with Crippen LogP contribution in [0.3, 0.4) is 0 Å². The van der Waals surface area contributed by atoms with Gasteiger partial charge in [-0.2, -0.15) is 0 Å². The molecule has 1 rings (SSSR count). The predicted molar refractivity (Wildman–Crippen MR) is 223 cm³/mol. The van der Waals surface area contributed by atoms with Crippen LogP contribution in [0.2, 0.25) is 0 Å². The molecule has 346 valence electrons. The van der Waals surface area contributed by atoms with E-state index in [2.05, 4.69) is 0 Å². The molecule has 1 saturated heterocycles. The molecular formula is C44H86O14. The van der Waals surface area contributed by atoms with Gasteiger partial charge in [0.15, 0.2) is 0 Å². The van der Waals surface area contributed by atoms with Gasteiger partial charge in [0.25, 0.3) is 0 Å². The Balaban J connectivity index is 3.50. The summed E-state index contributed by atoms with van der Waals surface area (Å²) in [6, 6.07) is 0. The summed E-state index contributed by atoms with van der Waals surface area (Å²) in [5.74, 6) is -0.333. The average molecular weight is 839 g/mol. The standard InChI is InChI=1S/C44H86O14/c1-32(48)49-24-20-39(6,7)53-29-42(12,13)52-27-34(57-43(14,15)30-55-41(10,11)28-47)35-36(58-44(16,17)31-54-38(4,5)19-23-46)33(26-50-35)56-40(8,9)21-25-51-37(2,3)18-22-45/h33-36,45-47H,18-31H2,1-17H3. The molecule has 4 atom stereocenters. The number of carbonyl (C=O) groups excluding carboxylic acids is 1. The Kier molecular flexibility index (Phi) is 21.7. The molecule has 1 aliphatic heterocycles. The minimum absolute atomic E-state index is 0.000109. The van der Waals surface area contributed by atoms with Crippen molar-refractivity contribution in [2.75, 3.05) is 66.1 Å². The summed E-state index contributed by atoms with van der Waals surface area (Å²) in [4.78, 5) is 11.3. The fourth-order valence-electron chi connectivity index (χ4n) is 5.95. The largest absolute Gasteiger partial charge is 0.466 e. The Morgan fingerprint density at radius 3 is 1.59 bits per heavy atom. The molecule has 4 unspecified atom stereocenters. The number of ether oxygens (including phenoxy) is 10. The van der Waals surface area contributed by atoms with Crippen LogP contribution in [0.5, 0.6) is 0 Å². The first-order valence-electron chi connectivity index (χ1n) is 21.1. The monoisotopic (exact) mass is 839 g/mol. The molecule has 0 radical (unpaired) electrons. The second kappa shape index (κ2) is 22.9. The normalized spacial score (nSPS) is 19.8. The zero-order valence-electron chi connectivity index (χ0n) is 39.5. The highest BCUT2D eigenvalue weighted by molar-refractivity contribution is 5.65. The Morgan fingerprint density at radius 2 is 1.05 bits per heavy atom. The Morgan fingerprint density at radius 1 is 0.569 bits per heavy atom. The third-order valence-electron chi connectivity index (χ3n) is 9.99. The summed E-state index contributed by atoms with van der Waals surface area (Å²) in [5, 5.41) is 29.0. The fraction of sp³-hybridized carbons (Fsp3) is 0.977. The van der Waals surface area contributed by atoms with E-state index in [9.17, 15) is 20.1 Å². The van der Waals surface area contributed by atoms with Gasteiger partial charge in [-0.1, -0.05) is 0 Å². The molecule has 0 amide bonds. The summed E-state index contributed by atoms with van der Waals surface area (Å²) in [5.41, 5.74) is -5.46. The first-order chi connectivity index (χ1) is 26.3. The topological polar surface area (TPSA) is 170 Å². The lowest BCUT2D eigenvalue weighted by molar-refractivity contribution is -0.231. The van der Waals surface area contributed by atoms with Crippen molar-refractivity contribution in [3.05, 3.63) is 0 Å². The highest BCUT2D eigenvalue weighted by Crippen LogP contribution is 2.35. The third kappa shape index (κ3) is 22.7. The number of aliphatic hydroxyl groups is 3. The Bertz CT molecular complexity index is 1180. The molecule has 0 aromatic carbocycles. The molecule has 14 heteroatoms. The lowest BCUT2D eigenvalue weighted by Crippen LogP contribution is -2.54. The van der Waals surface area contributed by atoms with Crippen molar-refractivity contribution in [1.82, 2.24) is 0 Å². The number of hydrogen-bond donors (Lipinski definition) is 3. The van der Waals surface area contributed by atoms with Gasteiger partial charge in [0.05, 0.1) is 97.7 Å². The highest BCUT2D eigenvalue weighted by Gasteiger charge is 2.50. The zero-order chi connectivity index (χ0) is 44.9. The summed E-state index contributed by atoms with van der Waals surface area (Å²) in [6.45, 7) is 34.0. The van der Waals surface area contributed by atoms with E-state index in [1.807, 2.05) is 111 Å². The quantitative estimate of drug-likeness (QED) is 0.0700. The van der Waals surface area contributed by atoms with Crippen molar-refractivity contribution in [1.29, 1.82) is 0 Å². The van der Waals surface area contributed by atoms with E-state index in [4.69, 9.17) is 47.4 Å². The molecule has 0 aliphatic carbocycles. The van der Waals surface area contributed by atoms with Crippen LogP contribution in [-0.2, 0) is 52.2 Å². The first kappa shape index (κ1) is 55.0. The van der Waals surface area contributed by atoms with Crippen molar-refractivity contribution in [2.45, 2.75) is 213 Å². The van der Waals surface area contributed by atoms with Crippen LogP contribution in [0.15, 0.2) is 0 Å². The highest BCUT2D eigenvalue weighted by atomic mass is 16.7. The molecule has 1 heterocycles. The first-order valence-corrected chi connectivity index (χ1v) is 21.1. The molecule has 0 bridgehead atoms. The van der Waals surface area contributed by atoms with Gasteiger partial charge in [-0.3, -0.25) is 4.79 Å². The van der Waals surface area contributed by atoms with E-state index in [0.29, 0.717) is 32.3 Å². The molecule has 1 fully saturated rings. The van der Waals surface area contributed by atoms with Gasteiger partial charge >= 0.3 is 5.97 Å². The van der Waals surface area contributed by atoms with Gasteiger partial charge in [0, 0.05) is 26.6 Å². The van der Waals surface area contributed by atoms with Gasteiger partial charge in [0.1, 0.15) is 24.4 Å². The van der Waals surface area contributed by atoms with Crippen molar-refractivity contribution in [3.8, 4) is 0 Å². The third-order valence-corrected chi connectivity index (χ3v) is 9.99. The molecule has 0 aromatic heterocycles. The molecule has 14 nitrogen and oxygen atoms in total. The smallest absolute Gasteiger partial charge is 0.302 e. The number of rotatable bonds is 31. The maximum atomic E-state index is 11.3. The summed E-state index contributed by atoms with van der Waals surface area (Å²) >= 11 is 0. The van der Waals surface area contributed by atoms with E-state index in [1.54, 1.807) is 0 Å². The minimum atomic E-state index is -0.850. The van der Waals surface area contributed by atoms with Crippen LogP contribution >= 0.6 is 0 Å².